The minimum absolute atomic E-state index is 0.0236. The summed E-state index contributed by atoms with van der Waals surface area (Å²) in [6.07, 6.45) is 5.22. The fourth-order valence-corrected chi connectivity index (χ4v) is 4.92. The molecule has 0 bridgehead atoms. The standard InChI is InChI=1S/C27H26N2O7/c1-14-23(9-7-18-17-4-2-3-5-19(17)27(34)36-25(14)18)35-13-24(31)29-22(26(32)33)10-15-12-28-21-8-6-16(30)11-20(15)21/h6-9,11-12,22,28,30H,2-5,10,13H2,1H3,(H,29,31)(H,32,33). The highest BCUT2D eigenvalue weighted by Gasteiger charge is 2.23. The van der Waals surface area contributed by atoms with E-state index in [9.17, 15) is 24.6 Å². The zero-order valence-electron chi connectivity index (χ0n) is 19.7. The van der Waals surface area contributed by atoms with Crippen molar-refractivity contribution in [2.75, 3.05) is 6.61 Å². The number of aromatic amines is 1. The first-order valence-electron chi connectivity index (χ1n) is 11.8. The average Bonchev–Trinajstić information content (AvgIpc) is 3.25. The molecule has 1 unspecified atom stereocenters. The van der Waals surface area contributed by atoms with Crippen molar-refractivity contribution >= 4 is 33.7 Å². The van der Waals surface area contributed by atoms with E-state index in [0.29, 0.717) is 27.8 Å². The fraction of sp³-hybridized carbons (Fsp3) is 0.296. The molecule has 9 nitrogen and oxygen atoms in total. The number of carboxylic acids is 1. The monoisotopic (exact) mass is 490 g/mol. The van der Waals surface area contributed by atoms with E-state index in [-0.39, 0.29) is 17.8 Å². The van der Waals surface area contributed by atoms with Crippen LogP contribution < -0.4 is 15.7 Å². The summed E-state index contributed by atoms with van der Waals surface area (Å²) in [4.78, 5) is 39.9. The van der Waals surface area contributed by atoms with Gasteiger partial charge in [0.1, 0.15) is 23.1 Å². The molecule has 2 heterocycles. The zero-order valence-corrected chi connectivity index (χ0v) is 19.7. The highest BCUT2D eigenvalue weighted by atomic mass is 16.5. The maximum absolute atomic E-state index is 12.6. The van der Waals surface area contributed by atoms with Crippen LogP contribution in [0.2, 0.25) is 0 Å². The summed E-state index contributed by atoms with van der Waals surface area (Å²) in [5.41, 5.74) is 3.90. The lowest BCUT2D eigenvalue weighted by Crippen LogP contribution is -2.44. The molecule has 4 aromatic rings. The highest BCUT2D eigenvalue weighted by molar-refractivity contribution is 5.88. The molecule has 5 rings (SSSR count). The summed E-state index contributed by atoms with van der Waals surface area (Å²) in [6.45, 7) is 1.36. The van der Waals surface area contributed by atoms with E-state index in [2.05, 4.69) is 10.3 Å². The van der Waals surface area contributed by atoms with Crippen molar-refractivity contribution in [3.8, 4) is 11.5 Å². The molecule has 0 spiro atoms. The van der Waals surface area contributed by atoms with Gasteiger partial charge in [-0.15, -0.1) is 0 Å². The molecule has 186 valence electrons. The van der Waals surface area contributed by atoms with Crippen LogP contribution in [0.4, 0.5) is 0 Å². The Bertz CT molecular complexity index is 1550. The van der Waals surface area contributed by atoms with Crippen LogP contribution in [0.5, 0.6) is 11.5 Å². The largest absolute Gasteiger partial charge is 0.508 e. The summed E-state index contributed by atoms with van der Waals surface area (Å²) in [5, 5.41) is 23.5. The normalized spacial score (nSPS) is 13.9. The Balaban J connectivity index is 1.30. The first-order valence-corrected chi connectivity index (χ1v) is 11.8. The predicted octanol–water partition coefficient (Wildman–Crippen LogP) is 3.36. The Labute approximate surface area is 205 Å². The molecule has 9 heteroatoms. The Morgan fingerprint density at radius 1 is 1.14 bits per heavy atom. The molecule has 1 amide bonds. The number of aliphatic carboxylic acids is 1. The second-order valence-electron chi connectivity index (χ2n) is 9.11. The second-order valence-corrected chi connectivity index (χ2v) is 9.11. The zero-order chi connectivity index (χ0) is 25.4. The Hall–Kier alpha value is -4.27. The van der Waals surface area contributed by atoms with Crippen molar-refractivity contribution in [3.63, 3.8) is 0 Å². The van der Waals surface area contributed by atoms with E-state index in [4.69, 9.17) is 9.15 Å². The number of benzene rings is 2. The van der Waals surface area contributed by atoms with Gasteiger partial charge in [-0.1, -0.05) is 0 Å². The minimum Gasteiger partial charge on any atom is -0.508 e. The number of hydrogen-bond acceptors (Lipinski definition) is 6. The summed E-state index contributed by atoms with van der Waals surface area (Å²) < 4.78 is 11.3. The number of carboxylic acid groups (broad SMARTS) is 1. The number of phenolic OH excluding ortho intramolecular Hbond substituents is 1. The number of nitrogens with one attached hydrogen (secondary N) is 2. The van der Waals surface area contributed by atoms with Gasteiger partial charge in [-0.3, -0.25) is 4.79 Å². The van der Waals surface area contributed by atoms with Crippen LogP contribution in [0.1, 0.15) is 35.1 Å². The van der Waals surface area contributed by atoms with Gasteiger partial charge in [-0.2, -0.15) is 0 Å². The number of fused-ring (bicyclic) bond motifs is 4. The lowest BCUT2D eigenvalue weighted by atomic mass is 9.90. The van der Waals surface area contributed by atoms with Crippen LogP contribution in [0.25, 0.3) is 21.9 Å². The highest BCUT2D eigenvalue weighted by Crippen LogP contribution is 2.32. The number of hydrogen-bond donors (Lipinski definition) is 4. The first-order chi connectivity index (χ1) is 17.3. The molecule has 0 saturated heterocycles. The molecular formula is C27H26N2O7. The molecule has 1 aliphatic rings. The van der Waals surface area contributed by atoms with Crippen LogP contribution in [-0.2, 0) is 28.9 Å². The van der Waals surface area contributed by atoms with Crippen molar-refractivity contribution in [2.45, 2.75) is 45.1 Å². The Morgan fingerprint density at radius 3 is 2.69 bits per heavy atom. The van der Waals surface area contributed by atoms with Crippen LogP contribution in [0.15, 0.2) is 45.7 Å². The molecule has 0 radical (unpaired) electrons. The number of phenols is 1. The van der Waals surface area contributed by atoms with Crippen molar-refractivity contribution in [2.24, 2.45) is 0 Å². The van der Waals surface area contributed by atoms with Gasteiger partial charge in [0, 0.05) is 40.0 Å². The molecule has 4 N–H and O–H groups in total. The van der Waals surface area contributed by atoms with Gasteiger partial charge >= 0.3 is 11.6 Å². The van der Waals surface area contributed by atoms with Gasteiger partial charge in [0.15, 0.2) is 6.61 Å². The SMILES string of the molecule is Cc1c(OCC(=O)NC(Cc2c[nH]c3ccc(O)cc23)C(=O)O)ccc2c3c(c(=O)oc12)CCCC3. The van der Waals surface area contributed by atoms with Gasteiger partial charge in [0.2, 0.25) is 0 Å². The fourth-order valence-electron chi connectivity index (χ4n) is 4.92. The maximum Gasteiger partial charge on any atom is 0.339 e. The number of carbonyl (C=O) groups excluding carboxylic acids is 1. The lowest BCUT2D eigenvalue weighted by molar-refractivity contribution is -0.142. The molecule has 0 fully saturated rings. The molecular weight excluding hydrogens is 464 g/mol. The van der Waals surface area contributed by atoms with Crippen LogP contribution in [0.3, 0.4) is 0 Å². The summed E-state index contributed by atoms with van der Waals surface area (Å²) in [5.74, 6) is -1.34. The third-order valence-electron chi connectivity index (χ3n) is 6.76. The summed E-state index contributed by atoms with van der Waals surface area (Å²) in [7, 11) is 0. The van der Waals surface area contributed by atoms with Crippen molar-refractivity contribution < 1.29 is 29.0 Å². The van der Waals surface area contributed by atoms with Gasteiger partial charge in [-0.25, -0.2) is 9.59 Å². The van der Waals surface area contributed by atoms with Crippen molar-refractivity contribution in [3.05, 3.63) is 69.2 Å². The number of ether oxygens (including phenoxy) is 1. The smallest absolute Gasteiger partial charge is 0.339 e. The number of amides is 1. The van der Waals surface area contributed by atoms with E-state index in [0.717, 1.165) is 47.7 Å². The number of H-pyrrole nitrogens is 1. The van der Waals surface area contributed by atoms with Gasteiger partial charge in [-0.05, 0) is 74.1 Å². The van der Waals surface area contributed by atoms with Gasteiger partial charge in [0.25, 0.3) is 5.91 Å². The van der Waals surface area contributed by atoms with Gasteiger partial charge in [0.05, 0.1) is 0 Å². The van der Waals surface area contributed by atoms with Crippen molar-refractivity contribution in [1.82, 2.24) is 10.3 Å². The van der Waals surface area contributed by atoms with E-state index < -0.39 is 24.5 Å². The van der Waals surface area contributed by atoms with E-state index >= 15 is 0 Å². The summed E-state index contributed by atoms with van der Waals surface area (Å²) in [6, 6.07) is 7.17. The summed E-state index contributed by atoms with van der Waals surface area (Å²) >= 11 is 0. The number of rotatable bonds is 7. The molecule has 1 atom stereocenters. The molecule has 0 aliphatic heterocycles. The molecule has 0 saturated carbocycles. The predicted molar refractivity (Wildman–Crippen MR) is 133 cm³/mol. The lowest BCUT2D eigenvalue weighted by Gasteiger charge is -2.18. The van der Waals surface area contributed by atoms with Crippen LogP contribution >= 0.6 is 0 Å². The van der Waals surface area contributed by atoms with Crippen LogP contribution in [-0.4, -0.2) is 39.7 Å². The van der Waals surface area contributed by atoms with E-state index in [1.54, 1.807) is 31.3 Å². The average molecular weight is 491 g/mol. The number of aromatic nitrogens is 1. The Kier molecular flexibility index (Phi) is 6.13. The van der Waals surface area contributed by atoms with Gasteiger partial charge < -0.3 is 29.7 Å². The molecule has 2 aromatic carbocycles. The van der Waals surface area contributed by atoms with Crippen LogP contribution in [0, 0.1) is 6.92 Å². The first kappa shape index (κ1) is 23.5. The maximum atomic E-state index is 12.6. The number of aryl methyl sites for hydroxylation is 2. The van der Waals surface area contributed by atoms with E-state index in [1.165, 1.54) is 6.07 Å². The molecule has 2 aromatic heterocycles. The van der Waals surface area contributed by atoms with E-state index in [1.807, 2.05) is 6.07 Å². The third-order valence-corrected chi connectivity index (χ3v) is 6.76. The van der Waals surface area contributed by atoms with Crippen molar-refractivity contribution in [1.29, 1.82) is 0 Å². The topological polar surface area (TPSA) is 142 Å². The number of aromatic hydroxyl groups is 1. The Morgan fingerprint density at radius 2 is 1.92 bits per heavy atom. The third kappa shape index (κ3) is 4.39. The molecule has 1 aliphatic carbocycles. The quantitative estimate of drug-likeness (QED) is 0.291. The minimum atomic E-state index is -1.19. The molecule has 36 heavy (non-hydrogen) atoms. The second kappa shape index (κ2) is 9.41. The number of carbonyl (C=O) groups is 2.